The van der Waals surface area contributed by atoms with Gasteiger partial charge in [0, 0.05) is 15.2 Å². The molecule has 0 bridgehead atoms. The van der Waals surface area contributed by atoms with E-state index in [-0.39, 0.29) is 17.2 Å². The highest BCUT2D eigenvalue weighted by molar-refractivity contribution is 9.10. The first kappa shape index (κ1) is 21.7. The number of carbonyl (C=O) groups is 2. The maximum Gasteiger partial charge on any atom is 0.255 e. The molecule has 0 aliphatic heterocycles. The van der Waals surface area contributed by atoms with Gasteiger partial charge in [0.15, 0.2) is 0 Å². The van der Waals surface area contributed by atoms with Gasteiger partial charge < -0.3 is 15.7 Å². The number of aromatic hydroxyl groups is 1. The molecule has 1 saturated carbocycles. The summed E-state index contributed by atoms with van der Waals surface area (Å²) in [5, 5.41) is 16.0. The van der Waals surface area contributed by atoms with Crippen LogP contribution < -0.4 is 10.6 Å². The van der Waals surface area contributed by atoms with Gasteiger partial charge >= 0.3 is 0 Å². The summed E-state index contributed by atoms with van der Waals surface area (Å²) in [6.07, 6.45) is 6.19. The third kappa shape index (κ3) is 6.21. The second kappa shape index (κ2) is 10.1. The number of rotatable bonds is 6. The van der Waals surface area contributed by atoms with Crippen molar-refractivity contribution in [2.75, 3.05) is 5.32 Å². The summed E-state index contributed by atoms with van der Waals surface area (Å²) in [5.41, 5.74) is 0.717. The Bertz CT molecular complexity index is 867. The van der Waals surface area contributed by atoms with Gasteiger partial charge in [-0.2, -0.15) is 0 Å². The minimum absolute atomic E-state index is 0.0579. The van der Waals surface area contributed by atoms with Crippen molar-refractivity contribution in [1.82, 2.24) is 5.32 Å². The minimum Gasteiger partial charge on any atom is -0.507 e. The van der Waals surface area contributed by atoms with E-state index in [1.165, 1.54) is 24.6 Å². The Labute approximate surface area is 184 Å². The predicted molar refractivity (Wildman–Crippen MR) is 118 cm³/mol. The van der Waals surface area contributed by atoms with E-state index in [1.807, 2.05) is 12.1 Å². The number of phenolic OH excluding ortho intramolecular Hbond substituents is 1. The van der Waals surface area contributed by atoms with Crippen molar-refractivity contribution >= 4 is 45.0 Å². The van der Waals surface area contributed by atoms with Crippen LogP contribution in [0.3, 0.4) is 0 Å². The van der Waals surface area contributed by atoms with Crippen LogP contribution in [0.1, 0.15) is 48.9 Å². The van der Waals surface area contributed by atoms with Gasteiger partial charge in [-0.05, 0) is 54.8 Å². The monoisotopic (exact) mass is 478 g/mol. The molecule has 2 aromatic rings. The van der Waals surface area contributed by atoms with Crippen molar-refractivity contribution < 1.29 is 14.7 Å². The van der Waals surface area contributed by atoms with E-state index in [2.05, 4.69) is 26.6 Å². The second-order valence-corrected chi connectivity index (χ2v) is 8.78. The number of halogens is 2. The molecule has 0 saturated heterocycles. The van der Waals surface area contributed by atoms with Crippen LogP contribution in [0.4, 0.5) is 5.69 Å². The molecule has 3 N–H and O–H groups in total. The maximum atomic E-state index is 13.0. The van der Waals surface area contributed by atoms with Crippen LogP contribution >= 0.6 is 27.5 Å². The molecule has 0 heterocycles. The van der Waals surface area contributed by atoms with Gasteiger partial charge in [-0.15, -0.1) is 0 Å². The number of carbonyl (C=O) groups excluding carboxylic acids is 2. The van der Waals surface area contributed by atoms with Crippen molar-refractivity contribution in [1.29, 1.82) is 0 Å². The van der Waals surface area contributed by atoms with Crippen molar-refractivity contribution in [3.05, 3.63) is 57.5 Å². The molecule has 0 spiro atoms. The summed E-state index contributed by atoms with van der Waals surface area (Å²) in [7, 11) is 0. The number of anilines is 1. The van der Waals surface area contributed by atoms with E-state index >= 15 is 0 Å². The number of hydrogen-bond acceptors (Lipinski definition) is 3. The standard InChI is InChI=1S/C22H24BrClN2O3/c23-15-6-9-17(10-7-15)25-22(29)19(12-14-4-2-1-3-5-14)26-21(28)18-13-16(24)8-11-20(18)27/h6-11,13-14,19,27H,1-5,12H2,(H,25,29)(H,26,28)/t19-/m0/s1. The Morgan fingerprint density at radius 1 is 1.10 bits per heavy atom. The Morgan fingerprint density at radius 2 is 1.79 bits per heavy atom. The fraction of sp³-hybridized carbons (Fsp3) is 0.364. The predicted octanol–water partition coefficient (Wildman–Crippen LogP) is 5.52. The Balaban J connectivity index is 1.75. The fourth-order valence-electron chi connectivity index (χ4n) is 3.68. The van der Waals surface area contributed by atoms with Crippen LogP contribution in [0.25, 0.3) is 0 Å². The van der Waals surface area contributed by atoms with E-state index in [4.69, 9.17) is 11.6 Å². The van der Waals surface area contributed by atoms with E-state index in [0.29, 0.717) is 23.0 Å². The molecule has 0 radical (unpaired) electrons. The normalized spacial score (nSPS) is 15.5. The highest BCUT2D eigenvalue weighted by Crippen LogP contribution is 2.28. The lowest BCUT2D eigenvalue weighted by Crippen LogP contribution is -2.45. The van der Waals surface area contributed by atoms with Crippen molar-refractivity contribution in [3.8, 4) is 5.75 Å². The summed E-state index contributed by atoms with van der Waals surface area (Å²) in [6, 6.07) is 10.9. The first-order chi connectivity index (χ1) is 13.9. The Kier molecular flexibility index (Phi) is 7.56. The summed E-state index contributed by atoms with van der Waals surface area (Å²) < 4.78 is 0.916. The lowest BCUT2D eigenvalue weighted by molar-refractivity contribution is -0.118. The van der Waals surface area contributed by atoms with Crippen molar-refractivity contribution in [2.24, 2.45) is 5.92 Å². The molecule has 5 nitrogen and oxygen atoms in total. The van der Waals surface area contributed by atoms with Gasteiger partial charge in [0.05, 0.1) is 5.56 Å². The molecule has 2 amide bonds. The molecule has 1 aliphatic rings. The zero-order valence-electron chi connectivity index (χ0n) is 16.0. The average molecular weight is 480 g/mol. The van der Waals surface area contributed by atoms with Gasteiger partial charge in [-0.1, -0.05) is 59.6 Å². The first-order valence-electron chi connectivity index (χ1n) is 9.78. The Morgan fingerprint density at radius 3 is 2.48 bits per heavy atom. The van der Waals surface area contributed by atoms with Gasteiger partial charge in [0.1, 0.15) is 11.8 Å². The first-order valence-corrected chi connectivity index (χ1v) is 11.0. The van der Waals surface area contributed by atoms with Crippen LogP contribution in [0, 0.1) is 5.92 Å². The van der Waals surface area contributed by atoms with Crippen LogP contribution in [-0.4, -0.2) is 23.0 Å². The van der Waals surface area contributed by atoms with Gasteiger partial charge in [0.2, 0.25) is 5.91 Å². The zero-order valence-corrected chi connectivity index (χ0v) is 18.3. The topological polar surface area (TPSA) is 78.4 Å². The number of hydrogen-bond donors (Lipinski definition) is 3. The number of amides is 2. The molecule has 1 atom stereocenters. The SMILES string of the molecule is O=C(N[C@@H](CC1CCCCC1)C(=O)Nc1ccc(Br)cc1)c1cc(Cl)ccc1O. The molecule has 0 aromatic heterocycles. The number of phenols is 1. The van der Waals surface area contributed by atoms with Gasteiger partial charge in [-0.3, -0.25) is 9.59 Å². The molecule has 0 unspecified atom stereocenters. The average Bonchev–Trinajstić information content (AvgIpc) is 2.71. The van der Waals surface area contributed by atoms with Gasteiger partial charge in [-0.25, -0.2) is 0 Å². The van der Waals surface area contributed by atoms with E-state index in [0.717, 1.165) is 30.2 Å². The number of nitrogens with one attached hydrogen (secondary N) is 2. The molecule has 1 aliphatic carbocycles. The van der Waals surface area contributed by atoms with Crippen molar-refractivity contribution in [2.45, 2.75) is 44.6 Å². The molecule has 154 valence electrons. The molecule has 29 heavy (non-hydrogen) atoms. The molecule has 2 aromatic carbocycles. The highest BCUT2D eigenvalue weighted by Gasteiger charge is 2.27. The van der Waals surface area contributed by atoms with Crippen molar-refractivity contribution in [3.63, 3.8) is 0 Å². The van der Waals surface area contributed by atoms with Crippen LogP contribution in [0.15, 0.2) is 46.9 Å². The smallest absolute Gasteiger partial charge is 0.255 e. The van der Waals surface area contributed by atoms with Crippen LogP contribution in [0.5, 0.6) is 5.75 Å². The van der Waals surface area contributed by atoms with E-state index < -0.39 is 11.9 Å². The summed E-state index contributed by atoms with van der Waals surface area (Å²) in [4.78, 5) is 25.7. The highest BCUT2D eigenvalue weighted by atomic mass is 79.9. The zero-order chi connectivity index (χ0) is 20.8. The summed E-state index contributed by atoms with van der Waals surface area (Å²) in [6.45, 7) is 0. The quantitative estimate of drug-likeness (QED) is 0.511. The largest absolute Gasteiger partial charge is 0.507 e. The molecule has 1 fully saturated rings. The second-order valence-electron chi connectivity index (χ2n) is 7.42. The lowest BCUT2D eigenvalue weighted by atomic mass is 9.84. The molecule has 3 rings (SSSR count). The minimum atomic E-state index is -0.701. The Hall–Kier alpha value is -2.05. The molecule has 7 heteroatoms. The summed E-state index contributed by atoms with van der Waals surface area (Å²) in [5.74, 6) is -0.571. The van der Waals surface area contributed by atoms with Gasteiger partial charge in [0.25, 0.3) is 5.91 Å². The summed E-state index contributed by atoms with van der Waals surface area (Å²) >= 11 is 9.33. The molecular formula is C22H24BrClN2O3. The van der Waals surface area contributed by atoms with E-state index in [1.54, 1.807) is 12.1 Å². The van der Waals surface area contributed by atoms with Crippen LogP contribution in [0.2, 0.25) is 5.02 Å². The fourth-order valence-corrected chi connectivity index (χ4v) is 4.11. The van der Waals surface area contributed by atoms with E-state index in [9.17, 15) is 14.7 Å². The number of benzene rings is 2. The molecular weight excluding hydrogens is 456 g/mol. The van der Waals surface area contributed by atoms with Crippen LogP contribution in [-0.2, 0) is 4.79 Å². The third-order valence-corrected chi connectivity index (χ3v) is 5.99. The maximum absolute atomic E-state index is 13.0. The third-order valence-electron chi connectivity index (χ3n) is 5.23. The lowest BCUT2D eigenvalue weighted by Gasteiger charge is -2.26.